The van der Waals surface area contributed by atoms with Gasteiger partial charge < -0.3 is 37.9 Å². The van der Waals surface area contributed by atoms with Crippen molar-refractivity contribution in [3.05, 3.63) is 259 Å². The Bertz CT molecular complexity index is 4600. The van der Waals surface area contributed by atoms with Gasteiger partial charge in [0.2, 0.25) is 0 Å². The van der Waals surface area contributed by atoms with E-state index in [2.05, 4.69) is 335 Å². The summed E-state index contributed by atoms with van der Waals surface area (Å²) in [5.74, 6) is 6.84. The van der Waals surface area contributed by atoms with Gasteiger partial charge in [-0.25, -0.2) is 0 Å². The monoisotopic (exact) mass is 1790 g/mol. The van der Waals surface area contributed by atoms with E-state index in [0.717, 1.165) is 238 Å². The van der Waals surface area contributed by atoms with Crippen LogP contribution >= 0.6 is 23.5 Å². The molecule has 0 fully saturated rings. The van der Waals surface area contributed by atoms with Crippen LogP contribution in [-0.4, -0.2) is 65.4 Å². The van der Waals surface area contributed by atoms with Gasteiger partial charge >= 0.3 is 0 Å². The predicted molar refractivity (Wildman–Crippen MR) is 570 cm³/mol. The first-order valence-electron chi connectivity index (χ1n) is 49.8. The maximum absolute atomic E-state index is 6.78. The molecule has 9 rings (SSSR count). The van der Waals surface area contributed by atoms with E-state index >= 15 is 0 Å². The van der Waals surface area contributed by atoms with Crippen molar-refractivity contribution in [2.45, 2.75) is 271 Å². The minimum Gasteiger partial charge on any atom is -0.493 e. The van der Waals surface area contributed by atoms with E-state index in [1.54, 1.807) is 23.5 Å². The Kier molecular flexibility index (Phi) is 50.4. The lowest BCUT2D eigenvalue weighted by Gasteiger charge is -2.16. The summed E-state index contributed by atoms with van der Waals surface area (Å²) in [5.41, 5.74) is 16.8. The van der Waals surface area contributed by atoms with Crippen molar-refractivity contribution in [1.29, 1.82) is 0 Å². The van der Waals surface area contributed by atoms with Crippen molar-refractivity contribution in [3.63, 3.8) is 0 Å². The van der Waals surface area contributed by atoms with Crippen LogP contribution in [0.4, 0.5) is 0 Å². The molecule has 0 aliphatic heterocycles. The first kappa shape index (κ1) is 104. The molecule has 0 aliphatic rings. The van der Waals surface area contributed by atoms with Gasteiger partial charge in [-0.05, 0) is 181 Å². The predicted octanol–water partition coefficient (Wildman–Crippen LogP) is 36.2. The van der Waals surface area contributed by atoms with Crippen LogP contribution < -0.4 is 37.9 Å². The first-order valence-corrected chi connectivity index (χ1v) is 52.3. The number of rotatable bonds is 66. The fourth-order valence-corrected chi connectivity index (χ4v) is 16.0. The molecule has 0 saturated heterocycles. The molecule has 9 aromatic rings. The largest absolute Gasteiger partial charge is 0.493 e. The molecule has 10 heteroatoms. The zero-order chi connectivity index (χ0) is 91.5. The Hall–Kier alpha value is -10.0. The second-order valence-electron chi connectivity index (χ2n) is 34.2. The molecular weight excluding hydrogens is 1630 g/mol. The Morgan fingerprint density at radius 3 is 0.400 bits per heavy atom. The molecular formula is C120H154O8S2. The standard InChI is InChI=1S/C120H154O8S2/c1-11-19-27-35-79-121-113-89-105(69-57-97-47-51-99(52-48-97)59-71-107-91-119(127-85-41-33-25-17-7)109(93-117(107)125-83-39-31-23-15-5)73-61-101-63-75-111(129-9)76-64-101)115(123-81-37-29-21-13-3)87-103(113)67-55-95-43-45-96(46-44-95)56-68-104-88-116(124-82-38-30-22-14-4)106(90-114(104)122-80-36-28-20-12-2)70-58-98-49-53-100(54-50-98)60-72-108-92-120(128-86-42-34-26-18-8)110(94-118(108)126-84-40-32-24-16-6)74-62-102-65-77-112(130-10)78-66-102/h43-78,87-94H,11-42,79-86H2,1-10H3/b67-55+,68-56+,69-57+,70-58+,71-59+,72-60+,73-61+,74-62+. The Morgan fingerprint density at radius 2 is 0.285 bits per heavy atom. The quantitative estimate of drug-likeness (QED) is 0.0209. The maximum Gasteiger partial charge on any atom is 0.127 e. The molecule has 8 nitrogen and oxygen atoms in total. The van der Waals surface area contributed by atoms with Gasteiger partial charge in [-0.2, -0.15) is 0 Å². The van der Waals surface area contributed by atoms with E-state index in [9.17, 15) is 0 Å². The number of hydrogen-bond donors (Lipinski definition) is 0. The highest BCUT2D eigenvalue weighted by molar-refractivity contribution is 7.98. The summed E-state index contributed by atoms with van der Waals surface area (Å²) in [6, 6.07) is 61.2. The van der Waals surface area contributed by atoms with Crippen LogP contribution in [0, 0.1) is 0 Å². The SMILES string of the molecule is CCCCCCOc1cc(/C=C/c2ccc(/C=C/c3cc(OCCCCCC)c(/C=C/c4ccc(SC)cc4)cc3OCCCCCC)cc2)c(OCCCCCC)cc1/C=C/c1ccc(/C=C/c2cc(OCCCCCC)c(/C=C/c3ccc(/C=C/c4cc(OCCCCCC)c(/C=C/c5ccc(SC)cc5)cc4OCCCCCC)cc3)cc2OCCCCCC)cc1. The van der Waals surface area contributed by atoms with Gasteiger partial charge in [0.25, 0.3) is 0 Å². The summed E-state index contributed by atoms with van der Waals surface area (Å²) in [4.78, 5) is 2.50. The van der Waals surface area contributed by atoms with Crippen LogP contribution in [0.1, 0.15) is 350 Å². The lowest BCUT2D eigenvalue weighted by Crippen LogP contribution is -2.03. The highest BCUT2D eigenvalue weighted by Crippen LogP contribution is 2.39. The second-order valence-corrected chi connectivity index (χ2v) is 36.0. The topological polar surface area (TPSA) is 73.8 Å². The zero-order valence-corrected chi connectivity index (χ0v) is 82.4. The molecule has 0 unspecified atom stereocenters. The van der Waals surface area contributed by atoms with Gasteiger partial charge in [0, 0.05) is 54.3 Å². The molecule has 0 N–H and O–H groups in total. The van der Waals surface area contributed by atoms with E-state index in [4.69, 9.17) is 37.9 Å². The van der Waals surface area contributed by atoms with Crippen molar-refractivity contribution in [3.8, 4) is 46.0 Å². The molecule has 0 atom stereocenters. The normalized spacial score (nSPS) is 11.9. The molecule has 0 bridgehead atoms. The zero-order valence-electron chi connectivity index (χ0n) is 80.8. The van der Waals surface area contributed by atoms with Crippen LogP contribution in [-0.2, 0) is 0 Å². The van der Waals surface area contributed by atoms with Crippen LogP contribution in [0.25, 0.3) is 97.2 Å². The Morgan fingerprint density at radius 1 is 0.162 bits per heavy atom. The minimum atomic E-state index is 0.636. The maximum atomic E-state index is 6.78. The molecule has 130 heavy (non-hydrogen) atoms. The lowest BCUT2D eigenvalue weighted by atomic mass is 10.0. The summed E-state index contributed by atoms with van der Waals surface area (Å²) in [5, 5.41) is 0. The number of thioether (sulfide) groups is 2. The number of unbranched alkanes of at least 4 members (excludes halogenated alkanes) is 24. The van der Waals surface area contributed by atoms with Crippen molar-refractivity contribution in [1.82, 2.24) is 0 Å². The molecule has 0 spiro atoms. The van der Waals surface area contributed by atoms with Gasteiger partial charge in [-0.15, -0.1) is 23.5 Å². The smallest absolute Gasteiger partial charge is 0.127 e. The van der Waals surface area contributed by atoms with E-state index in [0.29, 0.717) is 52.9 Å². The van der Waals surface area contributed by atoms with E-state index in [-0.39, 0.29) is 0 Å². The Balaban J connectivity index is 0.958. The van der Waals surface area contributed by atoms with E-state index in [1.807, 2.05) is 0 Å². The van der Waals surface area contributed by atoms with Gasteiger partial charge in [-0.3, -0.25) is 0 Å². The summed E-state index contributed by atoms with van der Waals surface area (Å²) in [6.45, 7) is 23.2. The van der Waals surface area contributed by atoms with E-state index < -0.39 is 0 Å². The second kappa shape index (κ2) is 63.1. The molecule has 0 heterocycles. The van der Waals surface area contributed by atoms with Gasteiger partial charge in [0.15, 0.2) is 0 Å². The van der Waals surface area contributed by atoms with Crippen molar-refractivity contribution in [2.75, 3.05) is 65.4 Å². The molecule has 0 saturated carbocycles. The third-order valence-corrected chi connectivity index (χ3v) is 24.8. The van der Waals surface area contributed by atoms with E-state index in [1.165, 1.54) is 113 Å². The van der Waals surface area contributed by atoms with Gasteiger partial charge in [-0.1, -0.05) is 404 Å². The first-order chi connectivity index (χ1) is 64.0. The summed E-state index contributed by atoms with van der Waals surface area (Å²) < 4.78 is 53.7. The van der Waals surface area contributed by atoms with Gasteiger partial charge in [0.1, 0.15) is 46.0 Å². The van der Waals surface area contributed by atoms with Crippen molar-refractivity contribution < 1.29 is 37.9 Å². The fourth-order valence-electron chi connectivity index (χ4n) is 15.2. The molecule has 0 radical (unpaired) electrons. The minimum absolute atomic E-state index is 0.636. The Labute approximate surface area is 794 Å². The highest BCUT2D eigenvalue weighted by Gasteiger charge is 2.17. The molecule has 0 aromatic heterocycles. The molecule has 0 amide bonds. The van der Waals surface area contributed by atoms with Crippen molar-refractivity contribution >= 4 is 121 Å². The average molecular weight is 1790 g/mol. The molecule has 0 aliphatic carbocycles. The molecule has 9 aromatic carbocycles. The van der Waals surface area contributed by atoms with Gasteiger partial charge in [0.05, 0.1) is 52.9 Å². The summed E-state index contributed by atoms with van der Waals surface area (Å²) >= 11 is 3.51. The number of benzene rings is 9. The average Bonchev–Trinajstić information content (AvgIpc) is 0.829. The van der Waals surface area contributed by atoms with Crippen molar-refractivity contribution in [2.24, 2.45) is 0 Å². The fraction of sp³-hybridized carbons (Fsp3) is 0.417. The number of hydrogen-bond acceptors (Lipinski definition) is 10. The lowest BCUT2D eigenvalue weighted by molar-refractivity contribution is 0.296. The number of ether oxygens (including phenoxy) is 8. The van der Waals surface area contributed by atoms with Crippen LogP contribution in [0.15, 0.2) is 180 Å². The summed E-state index contributed by atoms with van der Waals surface area (Å²) in [6.07, 6.45) is 75.3. The summed E-state index contributed by atoms with van der Waals surface area (Å²) in [7, 11) is 0. The van der Waals surface area contributed by atoms with Crippen LogP contribution in [0.3, 0.4) is 0 Å². The third-order valence-electron chi connectivity index (χ3n) is 23.3. The molecule has 694 valence electrons. The third kappa shape index (κ3) is 38.8. The highest BCUT2D eigenvalue weighted by atomic mass is 32.2. The van der Waals surface area contributed by atoms with Crippen LogP contribution in [0.2, 0.25) is 0 Å². The van der Waals surface area contributed by atoms with Crippen LogP contribution in [0.5, 0.6) is 46.0 Å².